The number of hydrogen-bond donors (Lipinski definition) is 0. The highest BCUT2D eigenvalue weighted by atomic mass is 19.4. The molecule has 7 nitrogen and oxygen atoms in total. The summed E-state index contributed by atoms with van der Waals surface area (Å²) in [7, 11) is 1.62. The molecule has 0 saturated carbocycles. The predicted octanol–water partition coefficient (Wildman–Crippen LogP) is 2.48. The molecule has 142 valence electrons. The van der Waals surface area contributed by atoms with Gasteiger partial charge >= 0.3 is 6.18 Å². The van der Waals surface area contributed by atoms with E-state index >= 15 is 0 Å². The molecule has 10 heteroatoms. The van der Waals surface area contributed by atoms with E-state index in [0.29, 0.717) is 18.9 Å². The number of aromatic nitrogens is 4. The molecule has 3 heterocycles. The second-order valence-corrected chi connectivity index (χ2v) is 6.16. The Bertz CT molecular complexity index is 932. The topological polar surface area (TPSA) is 58.8 Å². The van der Waals surface area contributed by atoms with Gasteiger partial charge in [0.2, 0.25) is 0 Å². The van der Waals surface area contributed by atoms with Gasteiger partial charge in [-0.15, -0.1) is 15.3 Å². The van der Waals surface area contributed by atoms with Crippen LogP contribution in [0.25, 0.3) is 5.65 Å². The van der Waals surface area contributed by atoms with Crippen LogP contribution in [0.3, 0.4) is 0 Å². The van der Waals surface area contributed by atoms with E-state index in [2.05, 4.69) is 20.2 Å². The molecular weight excluding hydrogens is 361 g/mol. The second-order valence-electron chi connectivity index (χ2n) is 6.16. The lowest BCUT2D eigenvalue weighted by molar-refractivity contribution is -0.146. The number of benzene rings is 1. The molecule has 0 aliphatic carbocycles. The summed E-state index contributed by atoms with van der Waals surface area (Å²) in [6.07, 6.45) is -4.60. The molecule has 0 N–H and O–H groups in total. The fourth-order valence-corrected chi connectivity index (χ4v) is 3.11. The number of rotatable bonds is 3. The van der Waals surface area contributed by atoms with Crippen molar-refractivity contribution in [1.82, 2.24) is 19.8 Å². The lowest BCUT2D eigenvalue weighted by atomic mass is 10.2. The summed E-state index contributed by atoms with van der Waals surface area (Å²) in [5.74, 6) is 0.155. The van der Waals surface area contributed by atoms with Gasteiger partial charge in [0.05, 0.1) is 7.11 Å². The summed E-state index contributed by atoms with van der Waals surface area (Å²) in [4.78, 5) is 4.17. The van der Waals surface area contributed by atoms with Crippen LogP contribution in [0, 0.1) is 0 Å². The Morgan fingerprint density at radius 3 is 2.19 bits per heavy atom. The Morgan fingerprint density at radius 1 is 0.889 bits per heavy atom. The van der Waals surface area contributed by atoms with Gasteiger partial charge in [-0.25, -0.2) is 0 Å². The molecule has 1 aromatic carbocycles. The minimum Gasteiger partial charge on any atom is -0.497 e. The highest BCUT2D eigenvalue weighted by Gasteiger charge is 2.37. The molecule has 4 rings (SSSR count). The summed E-state index contributed by atoms with van der Waals surface area (Å²) in [5.41, 5.74) is 1.15. The number of fused-ring (bicyclic) bond motifs is 1. The summed E-state index contributed by atoms with van der Waals surface area (Å²) in [6, 6.07) is 11.0. The first-order valence-electron chi connectivity index (χ1n) is 8.39. The van der Waals surface area contributed by atoms with Gasteiger partial charge in [0.15, 0.2) is 5.65 Å². The van der Waals surface area contributed by atoms with Crippen LogP contribution < -0.4 is 14.5 Å². The third-order valence-corrected chi connectivity index (χ3v) is 4.54. The van der Waals surface area contributed by atoms with E-state index in [1.165, 1.54) is 6.07 Å². The number of methoxy groups -OCH3 is 1. The van der Waals surface area contributed by atoms with Gasteiger partial charge in [-0.2, -0.15) is 17.7 Å². The molecule has 1 aliphatic heterocycles. The summed E-state index contributed by atoms with van der Waals surface area (Å²) >= 11 is 0. The molecule has 27 heavy (non-hydrogen) atoms. The van der Waals surface area contributed by atoms with Crippen molar-refractivity contribution < 1.29 is 17.9 Å². The van der Waals surface area contributed by atoms with Crippen LogP contribution >= 0.6 is 0 Å². The number of halogens is 3. The molecule has 0 bridgehead atoms. The minimum absolute atomic E-state index is 0.0722. The van der Waals surface area contributed by atoms with Gasteiger partial charge in [-0.05, 0) is 36.4 Å². The number of hydrogen-bond acceptors (Lipinski definition) is 6. The molecule has 1 saturated heterocycles. The molecule has 2 aromatic heterocycles. The first-order valence-corrected chi connectivity index (χ1v) is 8.39. The molecule has 1 fully saturated rings. The van der Waals surface area contributed by atoms with Crippen molar-refractivity contribution in [3.8, 4) is 5.75 Å². The Labute approximate surface area is 153 Å². The number of ether oxygens (including phenoxy) is 1. The van der Waals surface area contributed by atoms with Gasteiger partial charge in [-0.3, -0.25) is 0 Å². The normalized spacial score (nSPS) is 15.4. The highest BCUT2D eigenvalue weighted by Crippen LogP contribution is 2.28. The SMILES string of the molecule is COc1ccc(N2CCN(c3ccc4nnc(C(F)(F)F)n4n3)CC2)cc1. The second kappa shape index (κ2) is 6.60. The number of alkyl halides is 3. The molecule has 0 radical (unpaired) electrons. The van der Waals surface area contributed by atoms with E-state index in [4.69, 9.17) is 4.74 Å². The van der Waals surface area contributed by atoms with Gasteiger partial charge in [0.25, 0.3) is 5.82 Å². The standard InChI is InChI=1S/C17H17F3N6O/c1-27-13-4-2-12(3-5-13)24-8-10-25(11-9-24)15-7-6-14-21-22-16(17(18,19)20)26(14)23-15/h2-7H,8-11H2,1H3. The Morgan fingerprint density at radius 2 is 1.56 bits per heavy atom. The molecule has 0 atom stereocenters. The third-order valence-electron chi connectivity index (χ3n) is 4.54. The smallest absolute Gasteiger partial charge is 0.453 e. The lowest BCUT2D eigenvalue weighted by Gasteiger charge is -2.36. The molecule has 0 spiro atoms. The van der Waals surface area contributed by atoms with Crippen LogP contribution in [0.2, 0.25) is 0 Å². The maximum atomic E-state index is 13.0. The van der Waals surface area contributed by atoms with Crippen LogP contribution in [0.1, 0.15) is 5.82 Å². The van der Waals surface area contributed by atoms with Crippen LogP contribution in [-0.2, 0) is 6.18 Å². The van der Waals surface area contributed by atoms with Crippen LogP contribution in [0.4, 0.5) is 24.7 Å². The zero-order valence-corrected chi connectivity index (χ0v) is 14.5. The maximum absolute atomic E-state index is 13.0. The van der Waals surface area contributed by atoms with Gasteiger partial charge in [0.1, 0.15) is 11.6 Å². The average molecular weight is 378 g/mol. The first-order chi connectivity index (χ1) is 13.0. The quantitative estimate of drug-likeness (QED) is 0.698. The van der Waals surface area contributed by atoms with Crippen LogP contribution in [0.5, 0.6) is 5.75 Å². The Kier molecular flexibility index (Phi) is 4.25. The fourth-order valence-electron chi connectivity index (χ4n) is 3.11. The van der Waals surface area contributed by atoms with Crippen molar-refractivity contribution >= 4 is 17.2 Å². The van der Waals surface area contributed by atoms with E-state index in [0.717, 1.165) is 29.0 Å². The number of anilines is 2. The van der Waals surface area contributed by atoms with E-state index in [1.807, 2.05) is 29.2 Å². The Hall–Kier alpha value is -3.04. The fraction of sp³-hybridized carbons (Fsp3) is 0.353. The van der Waals surface area contributed by atoms with Crippen molar-refractivity contribution in [2.45, 2.75) is 6.18 Å². The zero-order chi connectivity index (χ0) is 19.0. The van der Waals surface area contributed by atoms with Crippen molar-refractivity contribution in [2.24, 2.45) is 0 Å². The van der Waals surface area contributed by atoms with Gasteiger partial charge < -0.3 is 14.5 Å². The van der Waals surface area contributed by atoms with E-state index in [-0.39, 0.29) is 5.65 Å². The first kappa shape index (κ1) is 17.4. The molecule has 0 amide bonds. The van der Waals surface area contributed by atoms with E-state index in [9.17, 15) is 13.2 Å². The molecular formula is C17H17F3N6O. The average Bonchev–Trinajstić information content (AvgIpc) is 3.12. The zero-order valence-electron chi connectivity index (χ0n) is 14.5. The predicted molar refractivity (Wildman–Crippen MR) is 93.2 cm³/mol. The van der Waals surface area contributed by atoms with Crippen molar-refractivity contribution in [3.63, 3.8) is 0 Å². The van der Waals surface area contributed by atoms with Crippen LogP contribution in [0.15, 0.2) is 36.4 Å². The lowest BCUT2D eigenvalue weighted by Crippen LogP contribution is -2.47. The van der Waals surface area contributed by atoms with E-state index < -0.39 is 12.0 Å². The maximum Gasteiger partial charge on any atom is 0.453 e. The van der Waals surface area contributed by atoms with Gasteiger partial charge in [-0.1, -0.05) is 0 Å². The monoisotopic (exact) mass is 378 g/mol. The van der Waals surface area contributed by atoms with Crippen molar-refractivity contribution in [1.29, 1.82) is 0 Å². The molecule has 0 unspecified atom stereocenters. The third kappa shape index (κ3) is 3.34. The van der Waals surface area contributed by atoms with Crippen LogP contribution in [-0.4, -0.2) is 53.1 Å². The largest absolute Gasteiger partial charge is 0.497 e. The van der Waals surface area contributed by atoms with Crippen molar-refractivity contribution in [2.75, 3.05) is 43.1 Å². The molecule has 3 aromatic rings. The minimum atomic E-state index is -4.60. The number of nitrogens with zero attached hydrogens (tertiary/aromatic N) is 6. The summed E-state index contributed by atoms with van der Waals surface area (Å²) in [5, 5.41) is 10.8. The Balaban J connectivity index is 1.50. The highest BCUT2D eigenvalue weighted by molar-refractivity contribution is 5.52. The summed E-state index contributed by atoms with van der Waals surface area (Å²) < 4.78 is 45.0. The van der Waals surface area contributed by atoms with E-state index in [1.54, 1.807) is 13.2 Å². The number of piperazine rings is 1. The summed E-state index contributed by atoms with van der Waals surface area (Å²) in [6.45, 7) is 2.77. The molecule has 1 aliphatic rings. The van der Waals surface area contributed by atoms with Gasteiger partial charge in [0, 0.05) is 31.9 Å². The van der Waals surface area contributed by atoms with Crippen molar-refractivity contribution in [3.05, 3.63) is 42.2 Å².